The van der Waals surface area contributed by atoms with Crippen molar-refractivity contribution in [1.82, 2.24) is 4.72 Å². The molecule has 0 aliphatic rings. The SMILES string of the molecule is CCCNS(=O)(=O)c1ccc(NC(=O)[C@@H](N)CCSC)cc1. The molecule has 124 valence electrons. The van der Waals surface area contributed by atoms with Crippen LogP contribution in [0.25, 0.3) is 0 Å². The fourth-order valence-corrected chi connectivity index (χ4v) is 3.27. The normalized spacial score (nSPS) is 12.9. The van der Waals surface area contributed by atoms with Crippen LogP contribution in [0.15, 0.2) is 29.2 Å². The van der Waals surface area contributed by atoms with Crippen LogP contribution in [-0.2, 0) is 14.8 Å². The van der Waals surface area contributed by atoms with E-state index < -0.39 is 16.1 Å². The molecule has 8 heteroatoms. The number of rotatable bonds is 9. The van der Waals surface area contributed by atoms with Crippen LogP contribution in [0.3, 0.4) is 0 Å². The first-order valence-electron chi connectivity index (χ1n) is 7.05. The number of anilines is 1. The van der Waals surface area contributed by atoms with Crippen molar-refractivity contribution in [3.05, 3.63) is 24.3 Å². The quantitative estimate of drug-likeness (QED) is 0.628. The molecule has 0 saturated heterocycles. The molecular formula is C14H23N3O3S2. The van der Waals surface area contributed by atoms with E-state index in [0.717, 1.165) is 12.2 Å². The lowest BCUT2D eigenvalue weighted by atomic mass is 10.2. The van der Waals surface area contributed by atoms with Crippen molar-refractivity contribution in [3.8, 4) is 0 Å². The lowest BCUT2D eigenvalue weighted by molar-refractivity contribution is -0.117. The second-order valence-corrected chi connectivity index (χ2v) is 7.55. The Morgan fingerprint density at radius 3 is 2.50 bits per heavy atom. The van der Waals surface area contributed by atoms with E-state index >= 15 is 0 Å². The monoisotopic (exact) mass is 345 g/mol. The minimum atomic E-state index is -3.49. The molecule has 4 N–H and O–H groups in total. The summed E-state index contributed by atoms with van der Waals surface area (Å²) < 4.78 is 26.3. The number of carbonyl (C=O) groups excluding carboxylic acids is 1. The van der Waals surface area contributed by atoms with Gasteiger partial charge in [0.1, 0.15) is 0 Å². The molecule has 6 nitrogen and oxygen atoms in total. The second kappa shape index (κ2) is 9.14. The molecule has 1 amide bonds. The third-order valence-electron chi connectivity index (χ3n) is 2.94. The Hall–Kier alpha value is -1.09. The zero-order valence-electron chi connectivity index (χ0n) is 12.8. The van der Waals surface area contributed by atoms with E-state index in [-0.39, 0.29) is 10.8 Å². The van der Waals surface area contributed by atoms with Crippen molar-refractivity contribution >= 4 is 33.4 Å². The summed E-state index contributed by atoms with van der Waals surface area (Å²) >= 11 is 1.63. The van der Waals surface area contributed by atoms with Gasteiger partial charge in [-0.05, 0) is 49.1 Å². The Balaban J connectivity index is 2.67. The molecule has 1 rings (SSSR count). The third-order valence-corrected chi connectivity index (χ3v) is 5.06. The average molecular weight is 345 g/mol. The van der Waals surface area contributed by atoms with Crippen LogP contribution in [0, 0.1) is 0 Å². The molecule has 1 aromatic carbocycles. The highest BCUT2D eigenvalue weighted by Crippen LogP contribution is 2.14. The largest absolute Gasteiger partial charge is 0.325 e. The summed E-state index contributed by atoms with van der Waals surface area (Å²) in [6, 6.07) is 5.46. The van der Waals surface area contributed by atoms with Gasteiger partial charge in [-0.2, -0.15) is 11.8 Å². The van der Waals surface area contributed by atoms with Crippen molar-refractivity contribution < 1.29 is 13.2 Å². The Morgan fingerprint density at radius 1 is 1.32 bits per heavy atom. The lowest BCUT2D eigenvalue weighted by Crippen LogP contribution is -2.36. The van der Waals surface area contributed by atoms with E-state index in [0.29, 0.717) is 18.7 Å². The van der Waals surface area contributed by atoms with Crippen LogP contribution in [0.4, 0.5) is 5.69 Å². The molecule has 0 heterocycles. The predicted octanol–water partition coefficient (Wildman–Crippen LogP) is 1.39. The van der Waals surface area contributed by atoms with Gasteiger partial charge in [-0.3, -0.25) is 4.79 Å². The van der Waals surface area contributed by atoms with E-state index in [1.165, 1.54) is 12.1 Å². The highest BCUT2D eigenvalue weighted by atomic mass is 32.2. The molecule has 0 bridgehead atoms. The summed E-state index contributed by atoms with van der Waals surface area (Å²) in [6.45, 7) is 2.28. The van der Waals surface area contributed by atoms with Gasteiger partial charge < -0.3 is 11.1 Å². The van der Waals surface area contributed by atoms with Crippen LogP contribution in [0.2, 0.25) is 0 Å². The molecule has 0 fully saturated rings. The molecule has 0 spiro atoms. The molecule has 0 saturated carbocycles. The molecule has 1 atom stereocenters. The van der Waals surface area contributed by atoms with Gasteiger partial charge in [0.2, 0.25) is 15.9 Å². The van der Waals surface area contributed by atoms with E-state index in [4.69, 9.17) is 5.73 Å². The molecule has 0 aliphatic carbocycles. The molecule has 0 unspecified atom stereocenters. The van der Waals surface area contributed by atoms with Gasteiger partial charge in [-0.1, -0.05) is 6.92 Å². The smallest absolute Gasteiger partial charge is 0.241 e. The number of thioether (sulfide) groups is 1. The Bertz CT molecular complexity index is 574. The number of amides is 1. The highest BCUT2D eigenvalue weighted by molar-refractivity contribution is 7.98. The second-order valence-electron chi connectivity index (χ2n) is 4.80. The summed E-state index contributed by atoms with van der Waals surface area (Å²) in [4.78, 5) is 12.0. The number of hydrogen-bond donors (Lipinski definition) is 3. The Kier molecular flexibility index (Phi) is 7.88. The van der Waals surface area contributed by atoms with Crippen molar-refractivity contribution in [2.24, 2.45) is 5.73 Å². The van der Waals surface area contributed by atoms with Crippen molar-refractivity contribution in [1.29, 1.82) is 0 Å². The van der Waals surface area contributed by atoms with Gasteiger partial charge >= 0.3 is 0 Å². The first kappa shape index (κ1) is 19.0. The summed E-state index contributed by atoms with van der Waals surface area (Å²) in [7, 11) is -3.49. The average Bonchev–Trinajstić information content (AvgIpc) is 2.51. The van der Waals surface area contributed by atoms with Gasteiger partial charge in [-0.25, -0.2) is 13.1 Å². The number of sulfonamides is 1. The van der Waals surface area contributed by atoms with Gasteiger partial charge in [0.15, 0.2) is 0 Å². The van der Waals surface area contributed by atoms with Crippen LogP contribution >= 0.6 is 11.8 Å². The summed E-state index contributed by atoms with van der Waals surface area (Å²) in [5, 5.41) is 2.68. The molecule has 1 aromatic rings. The minimum Gasteiger partial charge on any atom is -0.325 e. The van der Waals surface area contributed by atoms with Gasteiger partial charge in [0.05, 0.1) is 10.9 Å². The molecular weight excluding hydrogens is 322 g/mol. The number of nitrogens with two attached hydrogens (primary N) is 1. The topological polar surface area (TPSA) is 101 Å². The maximum absolute atomic E-state index is 11.9. The number of hydrogen-bond acceptors (Lipinski definition) is 5. The van der Waals surface area contributed by atoms with Crippen molar-refractivity contribution in [2.75, 3.05) is 23.9 Å². The summed E-state index contributed by atoms with van der Waals surface area (Å²) in [6.07, 6.45) is 3.28. The highest BCUT2D eigenvalue weighted by Gasteiger charge is 2.15. The van der Waals surface area contributed by atoms with Crippen molar-refractivity contribution in [3.63, 3.8) is 0 Å². The zero-order chi connectivity index (χ0) is 16.6. The number of benzene rings is 1. The predicted molar refractivity (Wildman–Crippen MR) is 91.5 cm³/mol. The zero-order valence-corrected chi connectivity index (χ0v) is 14.5. The maximum Gasteiger partial charge on any atom is 0.241 e. The molecule has 0 aromatic heterocycles. The van der Waals surface area contributed by atoms with Gasteiger partial charge in [0, 0.05) is 12.2 Å². The number of carbonyl (C=O) groups is 1. The third kappa shape index (κ3) is 5.96. The summed E-state index contributed by atoms with van der Waals surface area (Å²) in [5.41, 5.74) is 6.30. The van der Waals surface area contributed by atoms with Crippen molar-refractivity contribution in [2.45, 2.75) is 30.7 Å². The van der Waals surface area contributed by atoms with E-state index in [9.17, 15) is 13.2 Å². The van der Waals surface area contributed by atoms with Gasteiger partial charge in [-0.15, -0.1) is 0 Å². The maximum atomic E-state index is 11.9. The Labute approximate surface area is 136 Å². The van der Waals surface area contributed by atoms with E-state index in [1.807, 2.05) is 13.2 Å². The molecule has 22 heavy (non-hydrogen) atoms. The van der Waals surface area contributed by atoms with Gasteiger partial charge in [0.25, 0.3) is 0 Å². The first-order valence-corrected chi connectivity index (χ1v) is 9.93. The van der Waals surface area contributed by atoms with E-state index in [1.54, 1.807) is 23.9 Å². The fourth-order valence-electron chi connectivity index (χ4n) is 1.65. The van der Waals surface area contributed by atoms with Crippen LogP contribution in [0.5, 0.6) is 0 Å². The van der Waals surface area contributed by atoms with E-state index in [2.05, 4.69) is 10.0 Å². The first-order chi connectivity index (χ1) is 10.4. The van der Waals surface area contributed by atoms with Crippen LogP contribution in [0.1, 0.15) is 19.8 Å². The fraction of sp³-hybridized carbons (Fsp3) is 0.500. The molecule has 0 radical (unpaired) electrons. The number of nitrogens with one attached hydrogen (secondary N) is 2. The Morgan fingerprint density at radius 2 is 1.95 bits per heavy atom. The van der Waals surface area contributed by atoms with Crippen LogP contribution < -0.4 is 15.8 Å². The standard InChI is InChI=1S/C14H23N3O3S2/c1-3-9-16-22(19,20)12-6-4-11(5-7-12)17-14(18)13(15)8-10-21-2/h4-7,13,16H,3,8-10,15H2,1-2H3,(H,17,18)/t13-/m0/s1. The lowest BCUT2D eigenvalue weighted by Gasteiger charge is -2.12. The van der Waals surface area contributed by atoms with Crippen LogP contribution in [-0.4, -0.2) is 38.9 Å². The molecule has 0 aliphatic heterocycles. The summed E-state index contributed by atoms with van der Waals surface area (Å²) in [5.74, 6) is 0.545. The minimum absolute atomic E-state index is 0.172.